The van der Waals surface area contributed by atoms with Crippen molar-refractivity contribution in [1.82, 2.24) is 19.7 Å². The van der Waals surface area contributed by atoms with Gasteiger partial charge in [0.15, 0.2) is 0 Å². The molecule has 0 spiro atoms. The van der Waals surface area contributed by atoms with Crippen LogP contribution in [0.3, 0.4) is 0 Å². The van der Waals surface area contributed by atoms with Crippen LogP contribution in [0.5, 0.6) is 0 Å². The van der Waals surface area contributed by atoms with Gasteiger partial charge in [0.1, 0.15) is 0 Å². The zero-order valence-corrected chi connectivity index (χ0v) is 14.7. The second kappa shape index (κ2) is 6.85. The van der Waals surface area contributed by atoms with Crippen LogP contribution in [0.2, 0.25) is 0 Å². The molecule has 10 nitrogen and oxygen atoms in total. The number of hydrogen-bond donors (Lipinski definition) is 0. The zero-order valence-electron chi connectivity index (χ0n) is 13.0. The number of carbonyl (C=O) groups is 1. The zero-order chi connectivity index (χ0) is 17.9. The van der Waals surface area contributed by atoms with Crippen LogP contribution < -0.4 is 9.18 Å². The van der Waals surface area contributed by atoms with Gasteiger partial charge in [0.2, 0.25) is 0 Å². The molecule has 0 radical (unpaired) electrons. The van der Waals surface area contributed by atoms with E-state index in [0.29, 0.717) is 13.1 Å². The summed E-state index contributed by atoms with van der Waals surface area (Å²) in [5.41, 5.74) is -0.221. The van der Waals surface area contributed by atoms with E-state index in [-0.39, 0.29) is 10.1 Å². The molecule has 0 unspecified atom stereocenters. The molecule has 1 heterocycles. The predicted molar refractivity (Wildman–Crippen MR) is 83.2 cm³/mol. The Kier molecular flexibility index (Phi) is 5.05. The van der Waals surface area contributed by atoms with Crippen molar-refractivity contribution in [3.05, 3.63) is 40.7 Å². The molecule has 1 aromatic heterocycles. The number of nitro groups is 1. The van der Waals surface area contributed by atoms with Crippen molar-refractivity contribution in [3.8, 4) is 0 Å². The van der Waals surface area contributed by atoms with Crippen LogP contribution in [0, 0.1) is 10.1 Å². The summed E-state index contributed by atoms with van der Waals surface area (Å²) in [6, 6.07) is 3.97. The summed E-state index contributed by atoms with van der Waals surface area (Å²) in [6.45, 7) is 4.48. The Balaban J connectivity index is 2.34. The summed E-state index contributed by atoms with van der Waals surface area (Å²) in [6.07, 6.45) is 1.04. The molecule has 11 heteroatoms. The van der Waals surface area contributed by atoms with Crippen LogP contribution in [0.1, 0.15) is 13.8 Å². The topological polar surface area (TPSA) is 128 Å². The first-order valence-electron chi connectivity index (χ1n) is 7.01. The molecule has 0 N–H and O–H groups in total. The fourth-order valence-electron chi connectivity index (χ4n) is 1.95. The van der Waals surface area contributed by atoms with Gasteiger partial charge in [0, 0.05) is 0 Å². The van der Waals surface area contributed by atoms with Gasteiger partial charge in [-0.2, -0.15) is 0 Å². The predicted octanol–water partition coefficient (Wildman–Crippen LogP) is -0.0864. The van der Waals surface area contributed by atoms with Crippen LogP contribution in [-0.4, -0.2) is 56.4 Å². The molecule has 0 fully saturated rings. The molecule has 1 aromatic carbocycles. The van der Waals surface area contributed by atoms with Gasteiger partial charge >= 0.3 is 138 Å². The molecule has 0 aliphatic carbocycles. The van der Waals surface area contributed by atoms with Gasteiger partial charge < -0.3 is 0 Å². The van der Waals surface area contributed by atoms with Crippen molar-refractivity contribution >= 4 is 33.6 Å². The third-order valence-corrected chi connectivity index (χ3v) is 6.57. The molecule has 0 atom stereocenters. The Bertz CT molecular complexity index is 855. The summed E-state index contributed by atoms with van der Waals surface area (Å²) in [7, 11) is 0. The van der Waals surface area contributed by atoms with Crippen molar-refractivity contribution in [2.75, 3.05) is 13.1 Å². The third kappa shape index (κ3) is 3.31. The molecule has 0 saturated carbocycles. The van der Waals surface area contributed by atoms with Crippen molar-refractivity contribution in [2.24, 2.45) is 0 Å². The van der Waals surface area contributed by atoms with Crippen molar-refractivity contribution in [2.45, 2.75) is 13.8 Å². The van der Waals surface area contributed by atoms with E-state index in [1.54, 1.807) is 13.8 Å². The number of rotatable bonds is 5. The first-order valence-corrected chi connectivity index (χ1v) is 10.1. The van der Waals surface area contributed by atoms with E-state index in [0.717, 1.165) is 35.3 Å². The Morgan fingerprint density at radius 1 is 1.25 bits per heavy atom. The summed E-state index contributed by atoms with van der Waals surface area (Å²) >= 11 is -4.94. The van der Waals surface area contributed by atoms with E-state index >= 15 is 0 Å². The Hall–Kier alpha value is -2.65. The second-order valence-electron chi connectivity index (χ2n) is 4.68. The maximum atomic E-state index is 12.5. The summed E-state index contributed by atoms with van der Waals surface area (Å²) < 4.78 is 25.3. The Morgan fingerprint density at radius 2 is 1.83 bits per heavy atom. The van der Waals surface area contributed by atoms with Gasteiger partial charge in [0.05, 0.1) is 0 Å². The quantitative estimate of drug-likeness (QED) is 0.390. The molecule has 2 rings (SSSR count). The monoisotopic (exact) mass is 401 g/mol. The number of nitro benzene ring substituents is 1. The van der Waals surface area contributed by atoms with Crippen LogP contribution >= 0.6 is 0 Å². The van der Waals surface area contributed by atoms with E-state index in [1.165, 1.54) is 4.90 Å². The number of aromatic nitrogens is 3. The summed E-state index contributed by atoms with van der Waals surface area (Å²) in [4.78, 5) is 27.3. The van der Waals surface area contributed by atoms with E-state index < -0.39 is 28.4 Å². The molecule has 0 aliphatic heterocycles. The second-order valence-corrected chi connectivity index (χ2v) is 8.55. The SMILES string of the molecule is CCN(CC)C(=O)n1cnc([Se](=O)(=O)c2ccc([N+](=O)[O-])cc2)n1. The Morgan fingerprint density at radius 3 is 2.33 bits per heavy atom. The average molecular weight is 400 g/mol. The van der Waals surface area contributed by atoms with Gasteiger partial charge in [-0.1, -0.05) is 0 Å². The number of non-ortho nitro benzene ring substituents is 1. The molecule has 1 amide bonds. The number of amides is 1. The van der Waals surface area contributed by atoms with E-state index in [2.05, 4.69) is 10.1 Å². The molecule has 0 saturated heterocycles. The van der Waals surface area contributed by atoms with Crippen LogP contribution in [0.15, 0.2) is 30.6 Å². The molecule has 2 aromatic rings. The van der Waals surface area contributed by atoms with E-state index in [1.807, 2.05) is 0 Å². The van der Waals surface area contributed by atoms with Crippen LogP contribution in [0.4, 0.5) is 10.5 Å². The van der Waals surface area contributed by atoms with E-state index in [4.69, 9.17) is 0 Å². The fourth-order valence-corrected chi connectivity index (χ4v) is 4.23. The number of carbonyl (C=O) groups excluding carboxylic acids is 1. The average Bonchev–Trinajstić information content (AvgIpc) is 3.06. The molecule has 24 heavy (non-hydrogen) atoms. The van der Waals surface area contributed by atoms with Gasteiger partial charge in [-0.15, -0.1) is 0 Å². The van der Waals surface area contributed by atoms with Crippen LogP contribution in [-0.2, 0) is 7.67 Å². The van der Waals surface area contributed by atoms with Gasteiger partial charge in [-0.25, -0.2) is 0 Å². The minimum atomic E-state index is -4.94. The maximum absolute atomic E-state index is 12.5. The van der Waals surface area contributed by atoms with Gasteiger partial charge in [-0.3, -0.25) is 0 Å². The van der Waals surface area contributed by atoms with Gasteiger partial charge in [-0.05, 0) is 0 Å². The molecule has 128 valence electrons. The molecular formula is C13H15N5O5Se. The van der Waals surface area contributed by atoms with E-state index in [9.17, 15) is 22.6 Å². The van der Waals surface area contributed by atoms with Crippen molar-refractivity contribution < 1.29 is 17.4 Å². The van der Waals surface area contributed by atoms with Gasteiger partial charge in [0.25, 0.3) is 0 Å². The first kappa shape index (κ1) is 17.7. The third-order valence-electron chi connectivity index (χ3n) is 3.30. The normalized spacial score (nSPS) is 11.2. The molecular weight excluding hydrogens is 385 g/mol. The van der Waals surface area contributed by atoms with Crippen molar-refractivity contribution in [3.63, 3.8) is 0 Å². The van der Waals surface area contributed by atoms with Crippen LogP contribution in [0.25, 0.3) is 0 Å². The first-order chi connectivity index (χ1) is 11.3. The van der Waals surface area contributed by atoms with Crippen molar-refractivity contribution in [1.29, 1.82) is 0 Å². The Labute approximate surface area is 138 Å². The summed E-state index contributed by atoms with van der Waals surface area (Å²) in [5.74, 6) is 0. The molecule has 0 bridgehead atoms. The number of benzene rings is 1. The molecule has 0 aliphatic rings. The summed E-state index contributed by atoms with van der Waals surface area (Å²) in [5, 5.41) is 14.4. The standard InChI is InChI=1S/C13H15N5O5Se/c1-3-16(4-2)13(19)17-9-14-12(15-17)24(22,23)11-7-5-10(6-8-11)18(20)21/h5-9H,3-4H2,1-2H3. The number of nitrogens with zero attached hydrogens (tertiary/aromatic N) is 5. The number of hydrogen-bond acceptors (Lipinski definition) is 7. The minimum absolute atomic E-state index is 0.120. The fraction of sp³-hybridized carbons (Fsp3) is 0.308.